The average molecular weight is 3030 g/mol. The van der Waals surface area contributed by atoms with E-state index >= 15 is 0 Å². The molecule has 0 aliphatic heterocycles. The zero-order chi connectivity index (χ0) is 97.0. The fraction of sp³-hybridized carbons (Fsp3) is 0.125. The second-order valence-electron chi connectivity index (χ2n) is 36.3. The summed E-state index contributed by atoms with van der Waals surface area (Å²) < 4.78 is 5.33. The molecule has 0 aliphatic carbocycles. The van der Waals surface area contributed by atoms with Crippen LogP contribution in [-0.4, -0.2) is 140 Å². The van der Waals surface area contributed by atoms with E-state index in [0.717, 1.165) is 115 Å². The molecule has 0 saturated carbocycles. The smallest absolute Gasteiger partial charge is 0.216 e. The molecule has 0 saturated heterocycles. The number of hydrogen-bond donors (Lipinski definition) is 0. The van der Waals surface area contributed by atoms with Crippen molar-refractivity contribution in [1.82, 2.24) is 39.9 Å². The number of hydrogen-bond acceptors (Lipinski definition) is 8. The van der Waals surface area contributed by atoms with Crippen molar-refractivity contribution in [2.45, 2.75) is 0 Å². The van der Waals surface area contributed by atoms with Crippen LogP contribution in [0.3, 0.4) is 0 Å². The van der Waals surface area contributed by atoms with E-state index in [1.807, 2.05) is 225 Å². The van der Waals surface area contributed by atoms with Gasteiger partial charge in [-0.1, -0.05) is 195 Å². The Labute approximate surface area is 937 Å². The molecule has 0 unspecified atom stereocenters. The van der Waals surface area contributed by atoms with E-state index < -0.39 is 36.3 Å². The van der Waals surface area contributed by atoms with Gasteiger partial charge in [0.1, 0.15) is 5.69 Å². The summed E-state index contributed by atoms with van der Waals surface area (Å²) in [6.07, 6.45) is 16.7. The quantitative estimate of drug-likeness (QED) is 0.0602. The Bertz CT molecular complexity index is 7080. The van der Waals surface area contributed by atoms with Crippen LogP contribution in [0.4, 0.5) is 0 Å². The van der Waals surface area contributed by atoms with Crippen molar-refractivity contribution in [2.75, 3.05) is 100.0 Å². The number of nitrogens with zero attached hydrogens (tertiary/aromatic N) is 9. The average Bonchev–Trinajstić information content (AvgIpc) is 0.792. The summed E-state index contributed by atoms with van der Waals surface area (Å²) in [6.45, 7) is 35.0. The standard InChI is InChI=1S/C20H14N2.C18H18NP.C17H24NP2.C15H9BrN.2C14H16NP.2C11H7BrN.5Ir/c1-2-12-20-16(7-1)9-6-14-22(20)18-10-5-8-17(15-18)19-11-3-4-13-21-19;1-20(2,3)16-9-6-8-15(13-16)18-17-10-5-4-7-14(17)11-12-19-18;1-19(2,3)15-9-7-8-14(12-15)17-13-16(10-11-18-17)20(4,5)6;16-13-6-3-5-12(10-13)15-14-7-2-1-4-11(14)8-9-17-15;2*1-16(2,3)13-8-6-7-12(11-13)14-9-4-5-10-15-14;2*12-10-5-3-4-9(8-10)11-6-1-2-7-13-11;;;;;/h1-7,9-15H;4-7,9-13H,1-3H3;7,9-13H,1-6H3;1-4,6-10H;2*4-6,8-11H,1-3H3;2*1-3,5-8H;;;;;/q;;+1;-1;;;2*-1;;;;;. The van der Waals surface area contributed by atoms with Gasteiger partial charge in [0, 0.05) is 225 Å². The van der Waals surface area contributed by atoms with Crippen molar-refractivity contribution in [3.8, 4) is 95.7 Å². The van der Waals surface area contributed by atoms with Crippen molar-refractivity contribution >= 4 is 143 Å². The molecule has 729 valence electrons. The minimum absolute atomic E-state index is 0. The topological polar surface area (TPSA) is 107 Å². The maximum Gasteiger partial charge on any atom is 0.216 e. The minimum Gasteiger partial charge on any atom is -0.305 e. The van der Waals surface area contributed by atoms with Gasteiger partial charge in [-0.15, -0.1) is 226 Å². The van der Waals surface area contributed by atoms with Crippen molar-refractivity contribution in [3.63, 3.8) is 0 Å². The van der Waals surface area contributed by atoms with E-state index in [-0.39, 0.29) is 101 Å². The largest absolute Gasteiger partial charge is 0.305 e. The van der Waals surface area contributed by atoms with Crippen LogP contribution in [0.25, 0.3) is 128 Å². The summed E-state index contributed by atoms with van der Waals surface area (Å²) in [6, 6.07) is 143. The van der Waals surface area contributed by atoms with E-state index in [9.17, 15) is 0 Å². The van der Waals surface area contributed by atoms with Crippen molar-refractivity contribution in [1.29, 1.82) is 0 Å². The summed E-state index contributed by atoms with van der Waals surface area (Å²) >= 11 is 10.3. The number of fused-ring (bicyclic) bond motifs is 3. The summed E-state index contributed by atoms with van der Waals surface area (Å²) in [5.74, 6) is 0. The Kier molecular flexibility index (Phi) is 48.0. The molecular formula is C120H111Br3Ir5N9P5-2. The molecular weight excluding hydrogens is 2920 g/mol. The SMILES string of the molecule is Brc1cc[c-]c(-c2ccccn2)c1.Brc1cc[c-]c(-c2ccccn2)c1.Brc1cc[c-]c(-c2nccc3ccccc23)c1.C[P+](C)(C)c1cc[c-]c(-c2cc([P+](C)(C)C)ccn2)c1.C[P+](C)(C)c1cc[c-]c(-c2ccccn2)c1.C[P+](C)(C)c1cc[c-]c(-c2ccccn2)c1.C[P+](C)(C)c1cc[c-]c(-c2nccc3ccccc23)c1.[Ir].[Ir].[Ir].[Ir].[Ir].[c-]1ccc(-[n+]2cccc3ccccc32)cc1-c1ccccn1. The molecule has 0 bridgehead atoms. The Morgan fingerprint density at radius 1 is 0.211 bits per heavy atom. The summed E-state index contributed by atoms with van der Waals surface area (Å²) in [7, 11) is -4.96. The minimum atomic E-state index is -1.02. The van der Waals surface area contributed by atoms with Gasteiger partial charge in [-0.3, -0.25) is 0 Å². The van der Waals surface area contributed by atoms with Gasteiger partial charge in [0.15, 0.2) is 6.20 Å². The Morgan fingerprint density at radius 2 is 0.472 bits per heavy atom. The molecule has 20 rings (SSSR count). The predicted molar refractivity (Wildman–Crippen MR) is 607 cm³/mol. The summed E-state index contributed by atoms with van der Waals surface area (Å²) in [5.41, 5.74) is 18.6. The van der Waals surface area contributed by atoms with Crippen LogP contribution in [0.5, 0.6) is 0 Å². The van der Waals surface area contributed by atoms with E-state index in [1.54, 1.807) is 18.6 Å². The van der Waals surface area contributed by atoms with Gasteiger partial charge in [0.25, 0.3) is 0 Å². The molecule has 0 fully saturated rings. The van der Waals surface area contributed by atoms with Crippen LogP contribution in [0.15, 0.2) is 415 Å². The number of rotatable bonds is 14. The molecule has 0 spiro atoms. The van der Waals surface area contributed by atoms with Crippen molar-refractivity contribution < 1.29 is 105 Å². The van der Waals surface area contributed by atoms with Gasteiger partial charge in [-0.2, -0.15) is 4.57 Å². The zero-order valence-electron chi connectivity index (χ0n) is 81.7. The van der Waals surface area contributed by atoms with Crippen LogP contribution in [0, 0.1) is 48.5 Å². The van der Waals surface area contributed by atoms with Gasteiger partial charge in [0.2, 0.25) is 5.52 Å². The van der Waals surface area contributed by atoms with Gasteiger partial charge in [0.05, 0.1) is 105 Å². The first-order valence-corrected chi connectivity index (χ1v) is 62.7. The fourth-order valence-corrected chi connectivity index (χ4v) is 20.5. The molecule has 0 N–H and O–H groups in total. The van der Waals surface area contributed by atoms with Crippen LogP contribution in [0.1, 0.15) is 0 Å². The third kappa shape index (κ3) is 35.6. The molecule has 5 radical (unpaired) electrons. The number of aromatic nitrogens is 9. The molecule has 22 heteroatoms. The third-order valence-corrected chi connectivity index (χ3v) is 32.3. The van der Waals surface area contributed by atoms with Crippen LogP contribution < -0.4 is 31.1 Å². The first-order chi connectivity index (χ1) is 65.9. The second-order valence-corrected chi connectivity index (χ2v) is 61.8. The number of halogens is 3. The molecule has 9 aromatic heterocycles. The van der Waals surface area contributed by atoms with Crippen LogP contribution in [0.2, 0.25) is 0 Å². The molecule has 0 atom stereocenters. The molecule has 9 nitrogen and oxygen atoms in total. The Balaban J connectivity index is 0.000000199. The molecule has 20 aromatic rings. The van der Waals surface area contributed by atoms with Gasteiger partial charge in [-0.25, -0.2) is 0 Å². The van der Waals surface area contributed by atoms with Gasteiger partial charge < -0.3 is 39.9 Å². The van der Waals surface area contributed by atoms with Gasteiger partial charge in [-0.05, 0) is 134 Å². The number of benzene rings is 11. The van der Waals surface area contributed by atoms with E-state index in [0.29, 0.717) is 0 Å². The molecule has 142 heavy (non-hydrogen) atoms. The zero-order valence-corrected chi connectivity index (χ0v) is 103. The molecule has 0 amide bonds. The van der Waals surface area contributed by atoms with E-state index in [2.05, 4.69) is 399 Å². The van der Waals surface area contributed by atoms with Crippen LogP contribution in [-0.2, 0) is 101 Å². The number of para-hydroxylation sites is 1. The number of pyridine rings is 9. The van der Waals surface area contributed by atoms with Crippen molar-refractivity contribution in [2.24, 2.45) is 0 Å². The van der Waals surface area contributed by atoms with Crippen molar-refractivity contribution in [3.05, 3.63) is 464 Å². The predicted octanol–water partition coefficient (Wildman–Crippen LogP) is 29.1. The maximum absolute atomic E-state index is 4.58. The van der Waals surface area contributed by atoms with Gasteiger partial charge >= 0.3 is 0 Å². The Hall–Kier alpha value is -8.61. The first-order valence-electron chi connectivity index (χ1n) is 44.7. The Morgan fingerprint density at radius 3 is 0.824 bits per heavy atom. The van der Waals surface area contributed by atoms with Crippen LogP contribution >= 0.6 is 84.1 Å². The fourth-order valence-electron chi connectivity index (χ4n) is 14.2. The van der Waals surface area contributed by atoms with E-state index in [1.165, 1.54) is 53.6 Å². The van der Waals surface area contributed by atoms with E-state index in [4.69, 9.17) is 0 Å². The first kappa shape index (κ1) is 119. The maximum atomic E-state index is 4.58. The monoisotopic (exact) mass is 3030 g/mol. The summed E-state index contributed by atoms with van der Waals surface area (Å²) in [5, 5.41) is 13.1. The molecule has 9 heterocycles. The third-order valence-electron chi connectivity index (χ3n) is 21.7. The second kappa shape index (κ2) is 57.5. The normalized spacial score (nSPS) is 10.7. The summed E-state index contributed by atoms with van der Waals surface area (Å²) in [4.78, 5) is 35.2. The molecule has 11 aromatic carbocycles. The molecule has 0 aliphatic rings.